The van der Waals surface area contributed by atoms with Gasteiger partial charge in [-0.15, -0.1) is 0 Å². The molecule has 33 heavy (non-hydrogen) atoms. The number of hydrogen-bond acceptors (Lipinski definition) is 7. The summed E-state index contributed by atoms with van der Waals surface area (Å²) in [4.78, 5) is 11.8. The third-order valence-electron chi connectivity index (χ3n) is 7.68. The molecular formula is C26H38O7. The fourth-order valence-electron chi connectivity index (χ4n) is 5.83. The van der Waals surface area contributed by atoms with E-state index >= 15 is 0 Å². The first-order valence-electron chi connectivity index (χ1n) is 12.3. The summed E-state index contributed by atoms with van der Waals surface area (Å²) in [7, 11) is 0. The molecule has 2 aliphatic heterocycles. The van der Waals surface area contributed by atoms with Crippen LogP contribution in [-0.4, -0.2) is 42.2 Å². The normalized spacial score (nSPS) is 39.0. The minimum Gasteiger partial charge on any atom is -0.479 e. The summed E-state index contributed by atoms with van der Waals surface area (Å²) < 4.78 is 29.4. The summed E-state index contributed by atoms with van der Waals surface area (Å²) in [6.07, 6.45) is 2.25. The van der Waals surface area contributed by atoms with Crippen LogP contribution in [-0.2, 0) is 19.0 Å². The van der Waals surface area contributed by atoms with Gasteiger partial charge in [0.2, 0.25) is 6.29 Å². The second kappa shape index (κ2) is 9.80. The van der Waals surface area contributed by atoms with Crippen LogP contribution in [0.15, 0.2) is 24.3 Å². The van der Waals surface area contributed by atoms with Gasteiger partial charge in [-0.25, -0.2) is 4.79 Å². The van der Waals surface area contributed by atoms with Crippen molar-refractivity contribution in [3.05, 3.63) is 24.3 Å². The van der Waals surface area contributed by atoms with Crippen molar-refractivity contribution in [3.8, 4) is 11.5 Å². The Morgan fingerprint density at radius 3 is 2.55 bits per heavy atom. The van der Waals surface area contributed by atoms with Gasteiger partial charge in [0.15, 0.2) is 18.2 Å². The minimum atomic E-state index is -1.19. The summed E-state index contributed by atoms with van der Waals surface area (Å²) in [5.74, 6) is 1.63. The van der Waals surface area contributed by atoms with E-state index in [9.17, 15) is 9.90 Å². The van der Waals surface area contributed by atoms with E-state index in [-0.39, 0.29) is 11.8 Å². The fourth-order valence-corrected chi connectivity index (χ4v) is 5.83. The molecule has 2 heterocycles. The predicted molar refractivity (Wildman–Crippen MR) is 121 cm³/mol. The van der Waals surface area contributed by atoms with Crippen molar-refractivity contribution in [1.82, 2.24) is 0 Å². The second-order valence-electron chi connectivity index (χ2n) is 10.1. The minimum absolute atomic E-state index is 0.202. The van der Waals surface area contributed by atoms with E-state index in [4.69, 9.17) is 23.7 Å². The maximum Gasteiger partial charge on any atom is 0.347 e. The molecule has 1 N–H and O–H groups in total. The van der Waals surface area contributed by atoms with Crippen molar-refractivity contribution >= 4 is 5.97 Å². The zero-order valence-corrected chi connectivity index (χ0v) is 20.4. The van der Waals surface area contributed by atoms with Crippen molar-refractivity contribution in [2.75, 3.05) is 6.61 Å². The topological polar surface area (TPSA) is 83.5 Å². The summed E-state index contributed by atoms with van der Waals surface area (Å²) >= 11 is 0. The highest BCUT2D eigenvalue weighted by molar-refractivity contribution is 5.74. The molecule has 1 aliphatic carbocycles. The van der Waals surface area contributed by atoms with Gasteiger partial charge in [-0.1, -0.05) is 20.3 Å². The number of benzene rings is 1. The molecule has 7 nitrogen and oxygen atoms in total. The molecular weight excluding hydrogens is 424 g/mol. The monoisotopic (exact) mass is 462 g/mol. The molecule has 0 spiro atoms. The second-order valence-corrected chi connectivity index (χ2v) is 10.1. The molecule has 3 aliphatic rings. The third-order valence-corrected chi connectivity index (χ3v) is 7.68. The van der Waals surface area contributed by atoms with Gasteiger partial charge in [0, 0.05) is 18.3 Å². The first-order chi connectivity index (χ1) is 15.7. The van der Waals surface area contributed by atoms with Gasteiger partial charge in [-0.3, -0.25) is 0 Å². The highest BCUT2D eigenvalue weighted by atomic mass is 16.8. The maximum atomic E-state index is 11.8. The van der Waals surface area contributed by atoms with E-state index in [0.29, 0.717) is 42.3 Å². The molecule has 3 fully saturated rings. The van der Waals surface area contributed by atoms with Crippen molar-refractivity contribution < 1.29 is 33.6 Å². The zero-order valence-electron chi connectivity index (χ0n) is 20.4. The maximum absolute atomic E-state index is 11.8. The Balaban J connectivity index is 1.45. The summed E-state index contributed by atoms with van der Waals surface area (Å²) in [5.41, 5.74) is 0. The SMILES string of the molecule is CCOC(=O)C(C)Oc1ccc(O[C@H]2O[C@H]3O[C@](C)(O)CCC4C3C(CC[C@H]4C)[C@H]2C)cc1. The zero-order chi connectivity index (χ0) is 23.8. The van der Waals surface area contributed by atoms with E-state index in [1.807, 2.05) is 12.1 Å². The highest BCUT2D eigenvalue weighted by Gasteiger charge is 2.54. The summed E-state index contributed by atoms with van der Waals surface area (Å²) in [5, 5.41) is 10.7. The van der Waals surface area contributed by atoms with Gasteiger partial charge < -0.3 is 28.8 Å². The number of carbonyl (C=O) groups is 1. The van der Waals surface area contributed by atoms with Gasteiger partial charge >= 0.3 is 5.97 Å². The molecule has 4 unspecified atom stereocenters. The number of rotatable bonds is 6. The number of ether oxygens (including phenoxy) is 5. The Kier molecular flexibility index (Phi) is 7.22. The standard InChI is InChI=1S/C26H38O7/c1-6-29-23(27)17(4)30-18-8-10-19(11-9-18)31-24-16(3)21-12-7-15(2)20-13-14-26(5,28)33-25(32-24)22(20)21/h8-11,15-17,20-22,24-25,28H,6-7,12-14H2,1-5H3/t15-,16-,17?,20?,21?,22?,24+,25+,26+/m1/s1. The van der Waals surface area contributed by atoms with E-state index in [2.05, 4.69) is 13.8 Å². The molecule has 1 aromatic rings. The van der Waals surface area contributed by atoms with Gasteiger partial charge in [0.1, 0.15) is 11.5 Å². The van der Waals surface area contributed by atoms with Crippen LogP contribution in [0, 0.1) is 29.6 Å². The van der Waals surface area contributed by atoms with E-state index in [1.165, 1.54) is 6.42 Å². The number of aliphatic hydroxyl groups is 1. The number of hydrogen-bond donors (Lipinski definition) is 1. The van der Waals surface area contributed by atoms with Crippen molar-refractivity contribution in [2.45, 2.75) is 84.8 Å². The first-order valence-corrected chi connectivity index (χ1v) is 12.3. The Morgan fingerprint density at radius 1 is 1.15 bits per heavy atom. The van der Waals surface area contributed by atoms with E-state index in [1.54, 1.807) is 32.9 Å². The van der Waals surface area contributed by atoms with Crippen molar-refractivity contribution in [2.24, 2.45) is 29.6 Å². The molecule has 7 heteroatoms. The molecule has 9 atom stereocenters. The largest absolute Gasteiger partial charge is 0.479 e. The lowest BCUT2D eigenvalue weighted by molar-refractivity contribution is -0.358. The third kappa shape index (κ3) is 5.31. The molecule has 0 amide bonds. The van der Waals surface area contributed by atoms with Gasteiger partial charge in [0.05, 0.1) is 6.61 Å². The summed E-state index contributed by atoms with van der Waals surface area (Å²) in [6.45, 7) is 9.99. The van der Waals surface area contributed by atoms with Crippen LogP contribution in [0.4, 0.5) is 0 Å². The first kappa shape index (κ1) is 24.3. The highest BCUT2D eigenvalue weighted by Crippen LogP contribution is 2.53. The van der Waals surface area contributed by atoms with Crippen LogP contribution < -0.4 is 9.47 Å². The van der Waals surface area contributed by atoms with E-state index in [0.717, 1.165) is 12.8 Å². The Bertz CT molecular complexity index is 807. The van der Waals surface area contributed by atoms with Crippen molar-refractivity contribution in [1.29, 1.82) is 0 Å². The summed E-state index contributed by atoms with van der Waals surface area (Å²) in [6, 6.07) is 7.16. The number of carbonyl (C=O) groups excluding carboxylic acids is 1. The smallest absolute Gasteiger partial charge is 0.347 e. The van der Waals surface area contributed by atoms with Gasteiger partial charge in [0.25, 0.3) is 0 Å². The molecule has 184 valence electrons. The van der Waals surface area contributed by atoms with Crippen LogP contribution >= 0.6 is 0 Å². The molecule has 2 saturated heterocycles. The van der Waals surface area contributed by atoms with Gasteiger partial charge in [-0.05, 0) is 75.6 Å². The molecule has 1 aromatic carbocycles. The molecule has 0 radical (unpaired) electrons. The van der Waals surface area contributed by atoms with Crippen LogP contribution in [0.3, 0.4) is 0 Å². The van der Waals surface area contributed by atoms with E-state index < -0.39 is 30.4 Å². The fraction of sp³-hybridized carbons (Fsp3) is 0.731. The van der Waals surface area contributed by atoms with Crippen LogP contribution in [0.2, 0.25) is 0 Å². The number of esters is 1. The lowest BCUT2D eigenvalue weighted by Crippen LogP contribution is -2.55. The van der Waals surface area contributed by atoms with Gasteiger partial charge in [-0.2, -0.15) is 0 Å². The Hall–Kier alpha value is -1.83. The predicted octanol–water partition coefficient (Wildman–Crippen LogP) is 4.51. The van der Waals surface area contributed by atoms with Crippen molar-refractivity contribution in [3.63, 3.8) is 0 Å². The molecule has 1 saturated carbocycles. The quantitative estimate of drug-likeness (QED) is 0.623. The van der Waals surface area contributed by atoms with Crippen LogP contribution in [0.25, 0.3) is 0 Å². The Morgan fingerprint density at radius 2 is 1.85 bits per heavy atom. The van der Waals surface area contributed by atoms with Crippen LogP contribution in [0.1, 0.15) is 60.3 Å². The lowest BCUT2D eigenvalue weighted by Gasteiger charge is -2.51. The average molecular weight is 463 g/mol. The molecule has 0 bridgehead atoms. The molecule has 0 aromatic heterocycles. The molecule has 4 rings (SSSR count). The average Bonchev–Trinajstić information content (AvgIpc) is 2.90. The van der Waals surface area contributed by atoms with Crippen LogP contribution in [0.5, 0.6) is 11.5 Å². The lowest BCUT2D eigenvalue weighted by atomic mass is 9.61. The Labute approximate surface area is 196 Å².